The summed E-state index contributed by atoms with van der Waals surface area (Å²) in [7, 11) is 0. The third-order valence-corrected chi connectivity index (χ3v) is 3.61. The Morgan fingerprint density at radius 2 is 2.05 bits per heavy atom. The van der Waals surface area contributed by atoms with Gasteiger partial charge in [0.1, 0.15) is 0 Å². The van der Waals surface area contributed by atoms with Crippen LogP contribution in [-0.2, 0) is 0 Å². The van der Waals surface area contributed by atoms with E-state index >= 15 is 0 Å². The van der Waals surface area contributed by atoms with Gasteiger partial charge >= 0.3 is 0 Å². The molecule has 2 rings (SSSR count). The van der Waals surface area contributed by atoms with Crippen molar-refractivity contribution in [3.05, 3.63) is 62.6 Å². The second kappa shape index (κ2) is 6.08. The number of halogens is 2. The van der Waals surface area contributed by atoms with Crippen LogP contribution in [0.25, 0.3) is 0 Å². The van der Waals surface area contributed by atoms with E-state index in [-0.39, 0.29) is 5.91 Å². The topological polar surface area (TPSA) is 52.9 Å². The van der Waals surface area contributed by atoms with E-state index in [0.29, 0.717) is 21.8 Å². The van der Waals surface area contributed by atoms with Crippen LogP contribution in [0.3, 0.4) is 0 Å². The molecule has 0 bridgehead atoms. The van der Waals surface area contributed by atoms with Crippen LogP contribution in [0.1, 0.15) is 21.5 Å². The number of hydrogen-bond acceptors (Lipinski definition) is 2. The second-order valence-corrected chi connectivity index (χ2v) is 5.54. The zero-order chi connectivity index (χ0) is 14.7. The predicted molar refractivity (Wildman–Crippen MR) is 83.0 cm³/mol. The molecule has 3 nitrogen and oxygen atoms in total. The number of carbonyl (C=O) groups excluding carboxylic acids is 1. The van der Waals surface area contributed by atoms with E-state index in [1.807, 2.05) is 13.0 Å². The van der Waals surface area contributed by atoms with Gasteiger partial charge in [-0.2, -0.15) is 5.26 Å². The molecular formula is C15H10BrClN2O. The number of benzene rings is 2. The summed E-state index contributed by atoms with van der Waals surface area (Å²) in [6.45, 7) is 1.86. The van der Waals surface area contributed by atoms with Crippen LogP contribution in [0.15, 0.2) is 40.9 Å². The summed E-state index contributed by atoms with van der Waals surface area (Å²) in [6, 6.07) is 12.2. The standard InChI is InChI=1S/C15H10BrClN2O/c1-9-2-3-10(8-18)6-14(9)19-15(20)12-7-11(16)4-5-13(12)17/h2-7H,1H3,(H,19,20). The summed E-state index contributed by atoms with van der Waals surface area (Å²) in [5, 5.41) is 12.0. The zero-order valence-corrected chi connectivity index (χ0v) is 12.9. The number of nitrogens with zero attached hydrogens (tertiary/aromatic N) is 1. The van der Waals surface area contributed by atoms with Gasteiger partial charge in [0.25, 0.3) is 5.91 Å². The Balaban J connectivity index is 2.33. The first-order chi connectivity index (χ1) is 9.51. The maximum Gasteiger partial charge on any atom is 0.257 e. The summed E-state index contributed by atoms with van der Waals surface area (Å²) in [5.41, 5.74) is 2.35. The van der Waals surface area contributed by atoms with Gasteiger partial charge in [0.2, 0.25) is 0 Å². The van der Waals surface area contributed by atoms with Crippen molar-refractivity contribution in [2.75, 3.05) is 5.32 Å². The number of nitrogens with one attached hydrogen (secondary N) is 1. The first kappa shape index (κ1) is 14.6. The summed E-state index contributed by atoms with van der Waals surface area (Å²) >= 11 is 9.33. The number of hydrogen-bond donors (Lipinski definition) is 1. The molecule has 5 heteroatoms. The molecule has 0 saturated carbocycles. The van der Waals surface area contributed by atoms with Gasteiger partial charge in [0.15, 0.2) is 0 Å². The fourth-order valence-electron chi connectivity index (χ4n) is 1.69. The Kier molecular flexibility index (Phi) is 4.43. The Hall–Kier alpha value is -1.83. The third kappa shape index (κ3) is 3.19. The van der Waals surface area contributed by atoms with Crippen LogP contribution < -0.4 is 5.32 Å². The van der Waals surface area contributed by atoms with Crippen LogP contribution in [0.4, 0.5) is 5.69 Å². The van der Waals surface area contributed by atoms with Crippen molar-refractivity contribution >= 4 is 39.1 Å². The number of aryl methyl sites for hydroxylation is 1. The van der Waals surface area contributed by atoms with Crippen molar-refractivity contribution in [1.82, 2.24) is 0 Å². The highest BCUT2D eigenvalue weighted by Crippen LogP contribution is 2.23. The van der Waals surface area contributed by atoms with Gasteiger partial charge in [-0.25, -0.2) is 0 Å². The van der Waals surface area contributed by atoms with Gasteiger partial charge in [-0.3, -0.25) is 4.79 Å². The molecule has 0 fully saturated rings. The molecule has 100 valence electrons. The van der Waals surface area contributed by atoms with Crippen molar-refractivity contribution in [3.63, 3.8) is 0 Å². The fraction of sp³-hybridized carbons (Fsp3) is 0.0667. The zero-order valence-electron chi connectivity index (χ0n) is 10.6. The first-order valence-corrected chi connectivity index (χ1v) is 6.95. The second-order valence-electron chi connectivity index (χ2n) is 4.22. The molecule has 0 radical (unpaired) electrons. The van der Waals surface area contributed by atoms with Crippen molar-refractivity contribution in [3.8, 4) is 6.07 Å². The lowest BCUT2D eigenvalue weighted by atomic mass is 10.1. The lowest BCUT2D eigenvalue weighted by molar-refractivity contribution is 0.102. The van der Waals surface area contributed by atoms with Crippen LogP contribution in [-0.4, -0.2) is 5.91 Å². The van der Waals surface area contributed by atoms with Gasteiger partial charge in [-0.1, -0.05) is 33.6 Å². The lowest BCUT2D eigenvalue weighted by Crippen LogP contribution is -2.13. The van der Waals surface area contributed by atoms with Gasteiger partial charge < -0.3 is 5.32 Å². The van der Waals surface area contributed by atoms with E-state index in [4.69, 9.17) is 16.9 Å². The van der Waals surface area contributed by atoms with Crippen molar-refractivity contribution in [2.24, 2.45) is 0 Å². The van der Waals surface area contributed by atoms with E-state index < -0.39 is 0 Å². The molecule has 20 heavy (non-hydrogen) atoms. The maximum atomic E-state index is 12.2. The molecule has 0 spiro atoms. The quantitative estimate of drug-likeness (QED) is 0.865. The third-order valence-electron chi connectivity index (χ3n) is 2.79. The summed E-state index contributed by atoms with van der Waals surface area (Å²) in [4.78, 5) is 12.2. The fourth-order valence-corrected chi connectivity index (χ4v) is 2.25. The maximum absolute atomic E-state index is 12.2. The molecule has 1 amide bonds. The highest BCUT2D eigenvalue weighted by atomic mass is 79.9. The molecule has 0 atom stereocenters. The first-order valence-electron chi connectivity index (χ1n) is 5.78. The average Bonchev–Trinajstić information content (AvgIpc) is 2.43. The molecule has 0 saturated heterocycles. The SMILES string of the molecule is Cc1ccc(C#N)cc1NC(=O)c1cc(Br)ccc1Cl. The molecule has 0 aromatic heterocycles. The summed E-state index contributed by atoms with van der Waals surface area (Å²) < 4.78 is 0.773. The van der Waals surface area contributed by atoms with E-state index in [2.05, 4.69) is 21.2 Å². The van der Waals surface area contributed by atoms with Crippen molar-refractivity contribution in [1.29, 1.82) is 5.26 Å². The normalized spacial score (nSPS) is 9.90. The monoisotopic (exact) mass is 348 g/mol. The van der Waals surface area contributed by atoms with Crippen LogP contribution in [0, 0.1) is 18.3 Å². The highest BCUT2D eigenvalue weighted by Gasteiger charge is 2.12. The Morgan fingerprint density at radius 1 is 1.30 bits per heavy atom. The van der Waals surface area contributed by atoms with E-state index in [1.165, 1.54) is 0 Å². The van der Waals surface area contributed by atoms with Gasteiger partial charge in [0.05, 0.1) is 22.2 Å². The molecular weight excluding hydrogens is 340 g/mol. The Morgan fingerprint density at radius 3 is 2.75 bits per heavy atom. The molecule has 0 aliphatic carbocycles. The number of nitriles is 1. The molecule has 0 unspecified atom stereocenters. The summed E-state index contributed by atoms with van der Waals surface area (Å²) in [6.07, 6.45) is 0. The van der Waals surface area contributed by atoms with Crippen LogP contribution in [0.5, 0.6) is 0 Å². The molecule has 2 aromatic rings. The van der Waals surface area contributed by atoms with Crippen LogP contribution in [0.2, 0.25) is 5.02 Å². The van der Waals surface area contributed by atoms with E-state index in [1.54, 1.807) is 36.4 Å². The average molecular weight is 350 g/mol. The lowest BCUT2D eigenvalue weighted by Gasteiger charge is -2.10. The molecule has 1 N–H and O–H groups in total. The van der Waals surface area contributed by atoms with Gasteiger partial charge in [-0.05, 0) is 42.8 Å². The van der Waals surface area contributed by atoms with Crippen molar-refractivity contribution in [2.45, 2.75) is 6.92 Å². The van der Waals surface area contributed by atoms with Gasteiger partial charge in [0, 0.05) is 10.2 Å². The smallest absolute Gasteiger partial charge is 0.257 e. The Labute approximate surface area is 130 Å². The summed E-state index contributed by atoms with van der Waals surface area (Å²) in [5.74, 6) is -0.311. The van der Waals surface area contributed by atoms with Crippen LogP contribution >= 0.6 is 27.5 Å². The molecule has 2 aromatic carbocycles. The predicted octanol–water partition coefficient (Wildman–Crippen LogP) is 4.53. The minimum Gasteiger partial charge on any atom is -0.322 e. The Bertz CT molecular complexity index is 722. The number of rotatable bonds is 2. The molecule has 0 heterocycles. The van der Waals surface area contributed by atoms with E-state index in [9.17, 15) is 4.79 Å². The van der Waals surface area contributed by atoms with Crippen molar-refractivity contribution < 1.29 is 4.79 Å². The highest BCUT2D eigenvalue weighted by molar-refractivity contribution is 9.10. The largest absolute Gasteiger partial charge is 0.322 e. The minimum absolute atomic E-state index is 0.311. The molecule has 0 aliphatic rings. The minimum atomic E-state index is -0.311. The van der Waals surface area contributed by atoms with E-state index in [0.717, 1.165) is 10.0 Å². The number of carbonyl (C=O) groups is 1. The number of amides is 1. The molecule has 0 aliphatic heterocycles. The van der Waals surface area contributed by atoms with Gasteiger partial charge in [-0.15, -0.1) is 0 Å². The number of anilines is 1.